The first-order valence-corrected chi connectivity index (χ1v) is 7.23. The lowest BCUT2D eigenvalue weighted by Crippen LogP contribution is -2.42. The molecule has 3 heteroatoms. The summed E-state index contributed by atoms with van der Waals surface area (Å²) >= 11 is 0. The second-order valence-electron chi connectivity index (χ2n) is 6.49. The highest BCUT2D eigenvalue weighted by Crippen LogP contribution is 2.42. The van der Waals surface area contributed by atoms with Gasteiger partial charge >= 0.3 is 0 Å². The Balaban J connectivity index is 1.91. The number of aryl methyl sites for hydroxylation is 2. The topological polar surface area (TPSA) is 43.8 Å². The molecule has 1 aliphatic rings. The molecule has 1 aliphatic carbocycles. The number of hydrogen-bond donors (Lipinski definition) is 1. The molecule has 2 rings (SSSR count). The van der Waals surface area contributed by atoms with Crippen LogP contribution in [0.4, 0.5) is 0 Å². The van der Waals surface area contributed by atoms with E-state index in [-0.39, 0.29) is 0 Å². The highest BCUT2D eigenvalue weighted by atomic mass is 15.2. The van der Waals surface area contributed by atoms with Crippen molar-refractivity contribution in [3.05, 3.63) is 18.0 Å². The van der Waals surface area contributed by atoms with E-state index in [1.54, 1.807) is 0 Å². The third kappa shape index (κ3) is 2.94. The van der Waals surface area contributed by atoms with E-state index in [2.05, 4.69) is 25.0 Å². The number of rotatable bonds is 4. The molecule has 18 heavy (non-hydrogen) atoms. The van der Waals surface area contributed by atoms with Gasteiger partial charge in [0, 0.05) is 25.0 Å². The smallest absolute Gasteiger partial charge is 0.0492 e. The molecule has 0 aliphatic heterocycles. The third-order valence-corrected chi connectivity index (χ3v) is 4.76. The van der Waals surface area contributed by atoms with Crippen molar-refractivity contribution < 1.29 is 0 Å². The minimum absolute atomic E-state index is 0.329. The average Bonchev–Trinajstić information content (AvgIpc) is 2.71. The summed E-state index contributed by atoms with van der Waals surface area (Å²) in [7, 11) is 2.01. The molecule has 0 amide bonds. The first-order valence-electron chi connectivity index (χ1n) is 7.23. The van der Waals surface area contributed by atoms with E-state index in [1.807, 2.05) is 17.9 Å². The molecule has 2 unspecified atom stereocenters. The second-order valence-corrected chi connectivity index (χ2v) is 6.49. The van der Waals surface area contributed by atoms with Crippen molar-refractivity contribution in [2.45, 2.75) is 58.4 Å². The standard InChI is InChI=1S/C15H27N3/c1-15(2)10-5-4-6-13(15)14(16)8-7-12-9-11-17-18(12)3/h9,11,13-14H,4-8,10,16H2,1-3H3. The monoisotopic (exact) mass is 249 g/mol. The fraction of sp³-hybridized carbons (Fsp3) is 0.800. The molecule has 2 N–H and O–H groups in total. The number of nitrogens with zero attached hydrogens (tertiary/aromatic N) is 2. The van der Waals surface area contributed by atoms with Gasteiger partial charge in [0.2, 0.25) is 0 Å². The summed E-state index contributed by atoms with van der Waals surface area (Å²) in [5, 5.41) is 4.21. The van der Waals surface area contributed by atoms with Crippen LogP contribution in [-0.4, -0.2) is 15.8 Å². The molecule has 1 heterocycles. The molecule has 0 aromatic carbocycles. The maximum absolute atomic E-state index is 6.46. The lowest BCUT2D eigenvalue weighted by Gasteiger charge is -2.42. The maximum Gasteiger partial charge on any atom is 0.0492 e. The van der Waals surface area contributed by atoms with E-state index in [9.17, 15) is 0 Å². The molecule has 0 saturated heterocycles. The van der Waals surface area contributed by atoms with E-state index in [4.69, 9.17) is 5.73 Å². The summed E-state index contributed by atoms with van der Waals surface area (Å²) < 4.78 is 1.96. The van der Waals surface area contributed by atoms with Gasteiger partial charge in [-0.3, -0.25) is 4.68 Å². The lowest BCUT2D eigenvalue weighted by molar-refractivity contribution is 0.109. The number of nitrogens with two attached hydrogens (primary N) is 1. The summed E-state index contributed by atoms with van der Waals surface area (Å²) in [5.74, 6) is 0.680. The van der Waals surface area contributed by atoms with Crippen LogP contribution in [0.5, 0.6) is 0 Å². The van der Waals surface area contributed by atoms with E-state index >= 15 is 0 Å². The van der Waals surface area contributed by atoms with Gasteiger partial charge in [0.1, 0.15) is 0 Å². The lowest BCUT2D eigenvalue weighted by atomic mass is 9.65. The SMILES string of the molecule is Cn1nccc1CCC(N)C1CCCCC1(C)C. The van der Waals surface area contributed by atoms with Gasteiger partial charge in [-0.1, -0.05) is 26.7 Å². The normalized spacial score (nSPS) is 25.0. The molecule has 1 fully saturated rings. The van der Waals surface area contributed by atoms with E-state index in [0.717, 1.165) is 12.8 Å². The van der Waals surface area contributed by atoms with Crippen LogP contribution in [0.3, 0.4) is 0 Å². The molecular weight excluding hydrogens is 222 g/mol. The number of hydrogen-bond acceptors (Lipinski definition) is 2. The maximum atomic E-state index is 6.46. The van der Waals surface area contributed by atoms with Crippen molar-refractivity contribution >= 4 is 0 Å². The Morgan fingerprint density at radius 1 is 1.50 bits per heavy atom. The minimum Gasteiger partial charge on any atom is -0.327 e. The fourth-order valence-corrected chi connectivity index (χ4v) is 3.48. The Hall–Kier alpha value is -0.830. The highest BCUT2D eigenvalue weighted by molar-refractivity contribution is 5.01. The number of aromatic nitrogens is 2. The molecule has 2 atom stereocenters. The van der Waals surface area contributed by atoms with Crippen LogP contribution >= 0.6 is 0 Å². The van der Waals surface area contributed by atoms with Crippen LogP contribution in [0.25, 0.3) is 0 Å². The third-order valence-electron chi connectivity index (χ3n) is 4.76. The zero-order valence-corrected chi connectivity index (χ0v) is 12.0. The largest absolute Gasteiger partial charge is 0.327 e. The van der Waals surface area contributed by atoms with Crippen molar-refractivity contribution in [1.82, 2.24) is 9.78 Å². The Morgan fingerprint density at radius 3 is 2.89 bits per heavy atom. The van der Waals surface area contributed by atoms with Gasteiger partial charge in [0.15, 0.2) is 0 Å². The zero-order valence-electron chi connectivity index (χ0n) is 12.0. The first-order chi connectivity index (χ1) is 8.50. The molecule has 3 nitrogen and oxygen atoms in total. The van der Waals surface area contributed by atoms with Gasteiger partial charge in [-0.2, -0.15) is 5.10 Å². The summed E-state index contributed by atoms with van der Waals surface area (Å²) in [6.45, 7) is 4.78. The van der Waals surface area contributed by atoms with Crippen molar-refractivity contribution in [2.24, 2.45) is 24.1 Å². The minimum atomic E-state index is 0.329. The molecule has 1 aromatic rings. The molecule has 0 radical (unpaired) electrons. The molecule has 0 spiro atoms. The van der Waals surface area contributed by atoms with Gasteiger partial charge in [-0.25, -0.2) is 0 Å². The van der Waals surface area contributed by atoms with Crippen LogP contribution in [0.1, 0.15) is 51.6 Å². The van der Waals surface area contributed by atoms with Crippen LogP contribution in [0.15, 0.2) is 12.3 Å². The van der Waals surface area contributed by atoms with Crippen molar-refractivity contribution in [3.8, 4) is 0 Å². The molecule has 0 bridgehead atoms. The van der Waals surface area contributed by atoms with Gasteiger partial charge < -0.3 is 5.73 Å². The quantitative estimate of drug-likeness (QED) is 0.891. The van der Waals surface area contributed by atoms with Crippen LogP contribution < -0.4 is 5.73 Å². The molecule has 1 saturated carbocycles. The van der Waals surface area contributed by atoms with E-state index < -0.39 is 0 Å². The van der Waals surface area contributed by atoms with Gasteiger partial charge in [0.25, 0.3) is 0 Å². The Kier molecular flexibility index (Phi) is 4.10. The fourth-order valence-electron chi connectivity index (χ4n) is 3.48. The predicted molar refractivity (Wildman–Crippen MR) is 75.2 cm³/mol. The van der Waals surface area contributed by atoms with E-state index in [0.29, 0.717) is 17.4 Å². The predicted octanol–water partition coefficient (Wildman–Crippen LogP) is 2.90. The van der Waals surface area contributed by atoms with Gasteiger partial charge in [0.05, 0.1) is 0 Å². The highest BCUT2D eigenvalue weighted by Gasteiger charge is 2.35. The first kappa shape index (κ1) is 13.6. The summed E-state index contributed by atoms with van der Waals surface area (Å²) in [4.78, 5) is 0. The van der Waals surface area contributed by atoms with E-state index in [1.165, 1.54) is 31.4 Å². The van der Waals surface area contributed by atoms with Crippen LogP contribution in [0.2, 0.25) is 0 Å². The zero-order chi connectivity index (χ0) is 13.2. The Morgan fingerprint density at radius 2 is 2.28 bits per heavy atom. The van der Waals surface area contributed by atoms with Gasteiger partial charge in [-0.05, 0) is 43.1 Å². The Bertz CT molecular complexity index is 381. The van der Waals surface area contributed by atoms with Crippen LogP contribution in [0, 0.1) is 11.3 Å². The Labute approximate surface area is 111 Å². The summed E-state index contributed by atoms with van der Waals surface area (Å²) in [6, 6.07) is 2.42. The van der Waals surface area contributed by atoms with Crippen molar-refractivity contribution in [3.63, 3.8) is 0 Å². The van der Waals surface area contributed by atoms with Crippen LogP contribution in [-0.2, 0) is 13.5 Å². The van der Waals surface area contributed by atoms with Crippen molar-refractivity contribution in [1.29, 1.82) is 0 Å². The summed E-state index contributed by atoms with van der Waals surface area (Å²) in [6.07, 6.45) is 9.35. The molecular formula is C15H27N3. The molecule has 102 valence electrons. The summed E-state index contributed by atoms with van der Waals surface area (Å²) in [5.41, 5.74) is 8.17. The average molecular weight is 249 g/mol. The van der Waals surface area contributed by atoms with Gasteiger partial charge in [-0.15, -0.1) is 0 Å². The molecule has 1 aromatic heterocycles. The van der Waals surface area contributed by atoms with Crippen molar-refractivity contribution in [2.75, 3.05) is 0 Å². The second kappa shape index (κ2) is 5.43.